The van der Waals surface area contributed by atoms with Crippen molar-refractivity contribution in [2.45, 2.75) is 0 Å². The predicted octanol–water partition coefficient (Wildman–Crippen LogP) is 3.36. The van der Waals surface area contributed by atoms with Crippen LogP contribution in [0.25, 0.3) is 11.4 Å². The Morgan fingerprint density at radius 3 is 2.58 bits per heavy atom. The number of aromatic nitrogens is 5. The van der Waals surface area contributed by atoms with Crippen molar-refractivity contribution in [2.75, 3.05) is 5.32 Å². The van der Waals surface area contributed by atoms with Crippen LogP contribution >= 0.6 is 11.6 Å². The molecule has 4 aromatic rings. The van der Waals surface area contributed by atoms with Gasteiger partial charge in [0.25, 0.3) is 5.91 Å². The second-order valence-electron chi connectivity index (χ2n) is 5.45. The van der Waals surface area contributed by atoms with E-state index in [1.165, 1.54) is 6.33 Å². The lowest BCUT2D eigenvalue weighted by atomic mass is 10.2. The topological polar surface area (TPSA) is 77.6 Å². The lowest BCUT2D eigenvalue weighted by Gasteiger charge is -2.11. The Morgan fingerprint density at radius 1 is 1.04 bits per heavy atom. The average molecular weight is 365 g/mol. The SMILES string of the molecule is O=C(Nc1cc(Cl)ccc1-n1cncn1)c1ccc(-n2cccn2)cc1. The first-order valence-corrected chi connectivity index (χ1v) is 8.14. The highest BCUT2D eigenvalue weighted by Crippen LogP contribution is 2.24. The fourth-order valence-corrected chi connectivity index (χ4v) is 2.69. The summed E-state index contributed by atoms with van der Waals surface area (Å²) in [6.07, 6.45) is 6.52. The van der Waals surface area contributed by atoms with E-state index in [0.717, 1.165) is 5.69 Å². The summed E-state index contributed by atoms with van der Waals surface area (Å²) in [6.45, 7) is 0. The Balaban J connectivity index is 1.60. The number of carbonyl (C=O) groups excluding carboxylic acids is 1. The monoisotopic (exact) mass is 364 g/mol. The molecule has 2 heterocycles. The minimum Gasteiger partial charge on any atom is -0.320 e. The van der Waals surface area contributed by atoms with Gasteiger partial charge in [0.2, 0.25) is 0 Å². The van der Waals surface area contributed by atoms with Crippen LogP contribution in [0.5, 0.6) is 0 Å². The number of nitrogens with one attached hydrogen (secondary N) is 1. The van der Waals surface area contributed by atoms with Crippen molar-refractivity contribution in [1.82, 2.24) is 24.5 Å². The van der Waals surface area contributed by atoms with E-state index in [9.17, 15) is 4.79 Å². The second-order valence-corrected chi connectivity index (χ2v) is 5.89. The van der Waals surface area contributed by atoms with E-state index in [1.807, 2.05) is 24.4 Å². The average Bonchev–Trinajstić information content (AvgIpc) is 3.36. The number of anilines is 1. The van der Waals surface area contributed by atoms with Crippen molar-refractivity contribution in [3.05, 3.63) is 84.2 Å². The number of hydrogen-bond acceptors (Lipinski definition) is 4. The summed E-state index contributed by atoms with van der Waals surface area (Å²) in [6, 6.07) is 14.2. The lowest BCUT2D eigenvalue weighted by molar-refractivity contribution is 0.102. The molecule has 0 fully saturated rings. The van der Waals surface area contributed by atoms with E-state index in [4.69, 9.17) is 11.6 Å². The number of rotatable bonds is 4. The normalized spacial score (nSPS) is 10.7. The molecule has 8 heteroatoms. The number of halogens is 1. The smallest absolute Gasteiger partial charge is 0.255 e. The summed E-state index contributed by atoms with van der Waals surface area (Å²) in [4.78, 5) is 16.6. The Kier molecular flexibility index (Phi) is 4.20. The molecule has 0 aliphatic carbocycles. The van der Waals surface area contributed by atoms with Crippen LogP contribution in [0.3, 0.4) is 0 Å². The minimum absolute atomic E-state index is 0.249. The summed E-state index contributed by atoms with van der Waals surface area (Å²) in [5.41, 5.74) is 2.61. The molecule has 0 atom stereocenters. The van der Waals surface area contributed by atoms with Crippen LogP contribution in [-0.4, -0.2) is 30.5 Å². The molecule has 26 heavy (non-hydrogen) atoms. The molecule has 0 radical (unpaired) electrons. The summed E-state index contributed by atoms with van der Waals surface area (Å²) < 4.78 is 3.29. The van der Waals surface area contributed by atoms with E-state index in [-0.39, 0.29) is 5.91 Å². The van der Waals surface area contributed by atoms with Gasteiger partial charge in [-0.15, -0.1) is 0 Å². The van der Waals surface area contributed by atoms with Gasteiger partial charge in [0.1, 0.15) is 12.7 Å². The fourth-order valence-electron chi connectivity index (χ4n) is 2.52. The molecular formula is C18H13ClN6O. The molecule has 2 aromatic heterocycles. The van der Waals surface area contributed by atoms with Crippen molar-refractivity contribution < 1.29 is 4.79 Å². The fraction of sp³-hybridized carbons (Fsp3) is 0. The molecule has 7 nitrogen and oxygen atoms in total. The number of carbonyl (C=O) groups is 1. The quantitative estimate of drug-likeness (QED) is 0.602. The summed E-state index contributed by atoms with van der Waals surface area (Å²) >= 11 is 6.08. The van der Waals surface area contributed by atoms with Crippen molar-refractivity contribution >= 4 is 23.2 Å². The molecule has 0 bridgehead atoms. The molecule has 0 aliphatic rings. The Labute approximate surface area is 153 Å². The van der Waals surface area contributed by atoms with Crippen LogP contribution in [-0.2, 0) is 0 Å². The van der Waals surface area contributed by atoms with Crippen molar-refractivity contribution in [3.8, 4) is 11.4 Å². The van der Waals surface area contributed by atoms with Crippen molar-refractivity contribution in [2.24, 2.45) is 0 Å². The molecule has 2 aromatic carbocycles. The van der Waals surface area contributed by atoms with Gasteiger partial charge in [-0.3, -0.25) is 4.79 Å². The van der Waals surface area contributed by atoms with E-state index in [0.29, 0.717) is 22.0 Å². The van der Waals surface area contributed by atoms with Gasteiger partial charge < -0.3 is 5.32 Å². The van der Waals surface area contributed by atoms with Gasteiger partial charge >= 0.3 is 0 Å². The molecule has 0 spiro atoms. The third kappa shape index (κ3) is 3.20. The zero-order valence-corrected chi connectivity index (χ0v) is 14.2. The summed E-state index contributed by atoms with van der Waals surface area (Å²) in [5.74, 6) is -0.249. The zero-order valence-electron chi connectivity index (χ0n) is 13.5. The van der Waals surface area contributed by atoms with Gasteiger partial charge in [0.15, 0.2) is 0 Å². The minimum atomic E-state index is -0.249. The highest BCUT2D eigenvalue weighted by atomic mass is 35.5. The first kappa shape index (κ1) is 16.0. The number of benzene rings is 2. The predicted molar refractivity (Wildman–Crippen MR) is 97.9 cm³/mol. The highest BCUT2D eigenvalue weighted by molar-refractivity contribution is 6.31. The van der Waals surface area contributed by atoms with Gasteiger partial charge in [-0.25, -0.2) is 14.3 Å². The molecule has 0 unspecified atom stereocenters. The Morgan fingerprint density at radius 2 is 1.88 bits per heavy atom. The molecule has 0 aliphatic heterocycles. The molecule has 128 valence electrons. The first-order valence-electron chi connectivity index (χ1n) is 7.77. The van der Waals surface area contributed by atoms with Gasteiger partial charge in [-0.05, 0) is 48.5 Å². The molecule has 4 rings (SSSR count). The van der Waals surface area contributed by atoms with Crippen molar-refractivity contribution in [1.29, 1.82) is 0 Å². The van der Waals surface area contributed by atoms with E-state index >= 15 is 0 Å². The largest absolute Gasteiger partial charge is 0.320 e. The zero-order chi connectivity index (χ0) is 17.9. The lowest BCUT2D eigenvalue weighted by Crippen LogP contribution is -2.14. The van der Waals surface area contributed by atoms with Gasteiger partial charge in [-0.1, -0.05) is 11.6 Å². The summed E-state index contributed by atoms with van der Waals surface area (Å²) in [7, 11) is 0. The van der Waals surface area contributed by atoms with Crippen LogP contribution in [0, 0.1) is 0 Å². The van der Waals surface area contributed by atoms with E-state index in [1.54, 1.807) is 52.2 Å². The first-order chi connectivity index (χ1) is 12.7. The number of amides is 1. The Bertz CT molecular complexity index is 1030. The van der Waals surface area contributed by atoms with E-state index in [2.05, 4.69) is 20.5 Å². The van der Waals surface area contributed by atoms with Crippen LogP contribution < -0.4 is 5.32 Å². The molecule has 1 amide bonds. The van der Waals surface area contributed by atoms with Crippen LogP contribution in [0.1, 0.15) is 10.4 Å². The van der Waals surface area contributed by atoms with Gasteiger partial charge in [0.05, 0.1) is 17.1 Å². The molecule has 0 saturated carbocycles. The third-order valence-corrected chi connectivity index (χ3v) is 4.01. The maximum Gasteiger partial charge on any atom is 0.255 e. The molecular weight excluding hydrogens is 352 g/mol. The number of hydrogen-bond donors (Lipinski definition) is 1. The van der Waals surface area contributed by atoms with Crippen LogP contribution in [0.15, 0.2) is 73.6 Å². The third-order valence-electron chi connectivity index (χ3n) is 3.77. The van der Waals surface area contributed by atoms with E-state index < -0.39 is 0 Å². The maximum atomic E-state index is 12.6. The standard InChI is InChI=1S/C18H13ClN6O/c19-14-4-7-17(25-12-20-11-22-25)16(10-14)23-18(26)13-2-5-15(6-3-13)24-9-1-8-21-24/h1-12H,(H,23,26). The Hall–Kier alpha value is -3.45. The summed E-state index contributed by atoms with van der Waals surface area (Å²) in [5, 5.41) is 11.7. The van der Waals surface area contributed by atoms with Crippen LogP contribution in [0.2, 0.25) is 5.02 Å². The van der Waals surface area contributed by atoms with Crippen LogP contribution in [0.4, 0.5) is 5.69 Å². The number of nitrogens with zero attached hydrogens (tertiary/aromatic N) is 5. The maximum absolute atomic E-state index is 12.6. The van der Waals surface area contributed by atoms with Crippen molar-refractivity contribution in [3.63, 3.8) is 0 Å². The second kappa shape index (κ2) is 6.81. The van der Waals surface area contributed by atoms with Gasteiger partial charge in [-0.2, -0.15) is 10.2 Å². The van der Waals surface area contributed by atoms with Gasteiger partial charge in [0, 0.05) is 23.0 Å². The molecule has 1 N–H and O–H groups in total. The molecule has 0 saturated heterocycles. The highest BCUT2D eigenvalue weighted by Gasteiger charge is 2.12.